The van der Waals surface area contributed by atoms with Crippen molar-refractivity contribution in [3.63, 3.8) is 0 Å². The van der Waals surface area contributed by atoms with E-state index in [1.165, 1.54) is 56.4 Å². The van der Waals surface area contributed by atoms with Gasteiger partial charge in [0.2, 0.25) is 0 Å². The molecular formula is C18H30N2. The molecule has 1 aliphatic rings. The molecule has 0 radical (unpaired) electrons. The lowest BCUT2D eigenvalue weighted by molar-refractivity contribution is 0.427. The minimum Gasteiger partial charge on any atom is -0.371 e. The van der Waals surface area contributed by atoms with Crippen molar-refractivity contribution in [2.75, 3.05) is 25.0 Å². The molecule has 0 aliphatic carbocycles. The molecular weight excluding hydrogens is 244 g/mol. The summed E-state index contributed by atoms with van der Waals surface area (Å²) in [6, 6.07) is 9.46. The molecule has 0 aromatic heterocycles. The maximum absolute atomic E-state index is 3.46. The highest BCUT2D eigenvalue weighted by atomic mass is 15.1. The summed E-state index contributed by atoms with van der Waals surface area (Å²) in [5.74, 6) is 0.842. The number of rotatable bonds is 7. The highest BCUT2D eigenvalue weighted by Crippen LogP contribution is 2.34. The second-order valence-electron chi connectivity index (χ2n) is 6.05. The van der Waals surface area contributed by atoms with E-state index in [1.54, 1.807) is 0 Å². The van der Waals surface area contributed by atoms with Crippen LogP contribution in [0, 0.1) is 5.92 Å². The smallest absolute Gasteiger partial charge is 0.0414 e. The minimum absolute atomic E-state index is 0.526. The number of unbranched alkanes of at least 4 members (excludes halogenated alkanes) is 1. The van der Waals surface area contributed by atoms with Crippen LogP contribution in [0.3, 0.4) is 0 Å². The van der Waals surface area contributed by atoms with E-state index in [-0.39, 0.29) is 0 Å². The van der Waals surface area contributed by atoms with Crippen molar-refractivity contribution >= 4 is 5.69 Å². The number of hydrogen-bond acceptors (Lipinski definition) is 2. The number of para-hydroxylation sites is 1. The molecule has 2 unspecified atom stereocenters. The lowest BCUT2D eigenvalue weighted by Crippen LogP contribution is -2.37. The van der Waals surface area contributed by atoms with Gasteiger partial charge in [0, 0.05) is 24.8 Å². The summed E-state index contributed by atoms with van der Waals surface area (Å²) in [4.78, 5) is 2.62. The standard InChI is InChI=1S/C18H30N2/c1-4-6-9-15(5-2)14-20-13-12-17(19-3)16-10-7-8-11-18(16)20/h7-8,10-11,15,17,19H,4-6,9,12-14H2,1-3H3. The fourth-order valence-corrected chi connectivity index (χ4v) is 3.35. The van der Waals surface area contributed by atoms with E-state index in [9.17, 15) is 0 Å². The van der Waals surface area contributed by atoms with E-state index in [0.29, 0.717) is 6.04 Å². The molecule has 0 bridgehead atoms. The molecule has 1 N–H and O–H groups in total. The van der Waals surface area contributed by atoms with Crippen LogP contribution in [0.1, 0.15) is 57.6 Å². The highest BCUT2D eigenvalue weighted by molar-refractivity contribution is 5.57. The Hall–Kier alpha value is -1.02. The zero-order valence-electron chi connectivity index (χ0n) is 13.4. The Balaban J connectivity index is 2.09. The number of nitrogens with zero attached hydrogens (tertiary/aromatic N) is 1. The Kier molecular flexibility index (Phi) is 5.90. The number of nitrogens with one attached hydrogen (secondary N) is 1. The molecule has 1 heterocycles. The van der Waals surface area contributed by atoms with Crippen LogP contribution < -0.4 is 10.2 Å². The van der Waals surface area contributed by atoms with E-state index in [0.717, 1.165) is 5.92 Å². The number of anilines is 1. The van der Waals surface area contributed by atoms with Gasteiger partial charge in [0.1, 0.15) is 0 Å². The van der Waals surface area contributed by atoms with Crippen LogP contribution >= 0.6 is 0 Å². The first kappa shape index (κ1) is 15.4. The first-order valence-corrected chi connectivity index (χ1v) is 8.31. The number of hydrogen-bond donors (Lipinski definition) is 1. The van der Waals surface area contributed by atoms with Crippen molar-refractivity contribution in [3.05, 3.63) is 29.8 Å². The summed E-state index contributed by atoms with van der Waals surface area (Å²) >= 11 is 0. The average Bonchev–Trinajstić information content (AvgIpc) is 2.51. The first-order chi connectivity index (χ1) is 9.80. The van der Waals surface area contributed by atoms with Crippen LogP contribution in [0.5, 0.6) is 0 Å². The molecule has 1 aromatic carbocycles. The second-order valence-corrected chi connectivity index (χ2v) is 6.05. The van der Waals surface area contributed by atoms with Crippen LogP contribution in [-0.2, 0) is 0 Å². The summed E-state index contributed by atoms with van der Waals surface area (Å²) in [5.41, 5.74) is 2.93. The monoisotopic (exact) mass is 274 g/mol. The Bertz CT molecular complexity index is 402. The summed E-state index contributed by atoms with van der Waals surface area (Å²) < 4.78 is 0. The van der Waals surface area contributed by atoms with Crippen LogP contribution in [0.2, 0.25) is 0 Å². The van der Waals surface area contributed by atoms with Crippen LogP contribution in [0.15, 0.2) is 24.3 Å². The van der Waals surface area contributed by atoms with Crippen LogP contribution in [0.25, 0.3) is 0 Å². The molecule has 2 rings (SSSR count). The number of fused-ring (bicyclic) bond motifs is 1. The highest BCUT2D eigenvalue weighted by Gasteiger charge is 2.24. The van der Waals surface area contributed by atoms with Gasteiger partial charge in [-0.05, 0) is 37.4 Å². The largest absolute Gasteiger partial charge is 0.371 e. The third kappa shape index (κ3) is 3.54. The Morgan fingerprint density at radius 2 is 2.10 bits per heavy atom. The predicted octanol–water partition coefficient (Wildman–Crippen LogP) is 4.37. The minimum atomic E-state index is 0.526. The molecule has 2 nitrogen and oxygen atoms in total. The van der Waals surface area contributed by atoms with E-state index < -0.39 is 0 Å². The van der Waals surface area contributed by atoms with Gasteiger partial charge in [-0.3, -0.25) is 0 Å². The van der Waals surface area contributed by atoms with Crippen LogP contribution in [-0.4, -0.2) is 20.1 Å². The fourth-order valence-electron chi connectivity index (χ4n) is 3.35. The van der Waals surface area contributed by atoms with Crippen molar-refractivity contribution in [2.45, 2.75) is 52.0 Å². The molecule has 0 fully saturated rings. The molecule has 112 valence electrons. The van der Waals surface area contributed by atoms with Crippen molar-refractivity contribution in [3.8, 4) is 0 Å². The van der Waals surface area contributed by atoms with E-state index in [4.69, 9.17) is 0 Å². The Labute approximate surface area is 124 Å². The third-order valence-electron chi connectivity index (χ3n) is 4.71. The SMILES string of the molecule is CCCCC(CC)CN1CCC(NC)c2ccccc21. The zero-order chi connectivity index (χ0) is 14.4. The first-order valence-electron chi connectivity index (χ1n) is 8.31. The quantitative estimate of drug-likeness (QED) is 0.794. The second kappa shape index (κ2) is 7.68. The van der Waals surface area contributed by atoms with Gasteiger partial charge in [-0.25, -0.2) is 0 Å². The summed E-state index contributed by atoms with van der Waals surface area (Å²) in [6.45, 7) is 7.04. The summed E-state index contributed by atoms with van der Waals surface area (Å²) in [7, 11) is 2.08. The van der Waals surface area contributed by atoms with Gasteiger partial charge in [0.25, 0.3) is 0 Å². The van der Waals surface area contributed by atoms with Crippen molar-refractivity contribution in [2.24, 2.45) is 5.92 Å². The van der Waals surface area contributed by atoms with Gasteiger partial charge in [-0.2, -0.15) is 0 Å². The topological polar surface area (TPSA) is 15.3 Å². The maximum atomic E-state index is 3.46. The normalized spacial score (nSPS) is 19.8. The van der Waals surface area contributed by atoms with Crippen molar-refractivity contribution < 1.29 is 0 Å². The molecule has 0 spiro atoms. The van der Waals surface area contributed by atoms with E-state index in [1.807, 2.05) is 0 Å². The van der Waals surface area contributed by atoms with E-state index >= 15 is 0 Å². The van der Waals surface area contributed by atoms with Gasteiger partial charge in [0.15, 0.2) is 0 Å². The van der Waals surface area contributed by atoms with Gasteiger partial charge < -0.3 is 10.2 Å². The molecule has 1 aliphatic heterocycles. The summed E-state index contributed by atoms with van der Waals surface area (Å²) in [5, 5.41) is 3.46. The van der Waals surface area contributed by atoms with Gasteiger partial charge >= 0.3 is 0 Å². The van der Waals surface area contributed by atoms with E-state index in [2.05, 4.69) is 55.4 Å². The zero-order valence-corrected chi connectivity index (χ0v) is 13.4. The molecule has 2 atom stereocenters. The molecule has 2 heteroatoms. The lowest BCUT2D eigenvalue weighted by atomic mass is 9.93. The number of benzene rings is 1. The molecule has 0 amide bonds. The van der Waals surface area contributed by atoms with Crippen molar-refractivity contribution in [1.29, 1.82) is 0 Å². The Morgan fingerprint density at radius 3 is 2.80 bits per heavy atom. The van der Waals surface area contributed by atoms with Crippen LogP contribution in [0.4, 0.5) is 5.69 Å². The molecule has 0 saturated carbocycles. The molecule has 20 heavy (non-hydrogen) atoms. The molecule has 1 aromatic rings. The Morgan fingerprint density at radius 1 is 1.30 bits per heavy atom. The van der Waals surface area contributed by atoms with Gasteiger partial charge in [-0.15, -0.1) is 0 Å². The predicted molar refractivity (Wildman–Crippen MR) is 88.4 cm³/mol. The van der Waals surface area contributed by atoms with Gasteiger partial charge in [0.05, 0.1) is 0 Å². The maximum Gasteiger partial charge on any atom is 0.0414 e. The van der Waals surface area contributed by atoms with Crippen molar-refractivity contribution in [1.82, 2.24) is 5.32 Å². The molecule has 0 saturated heterocycles. The summed E-state index contributed by atoms with van der Waals surface area (Å²) in [6.07, 6.45) is 6.58. The third-order valence-corrected chi connectivity index (χ3v) is 4.71. The average molecular weight is 274 g/mol. The van der Waals surface area contributed by atoms with Gasteiger partial charge in [-0.1, -0.05) is 51.3 Å². The lowest BCUT2D eigenvalue weighted by Gasteiger charge is -2.37. The fraction of sp³-hybridized carbons (Fsp3) is 0.667.